The van der Waals surface area contributed by atoms with Crippen LogP contribution in [-0.4, -0.2) is 18.6 Å². The van der Waals surface area contributed by atoms with Crippen molar-refractivity contribution in [3.8, 4) is 11.4 Å². The summed E-state index contributed by atoms with van der Waals surface area (Å²) in [5.41, 5.74) is 5.75. The number of rotatable bonds is 1. The SMILES string of the molecule is [2H]C([2H])([2H])c1cccc(C)c1B1N(C)c2cccc(C)c2-c2n(C)cc[n+]21. The van der Waals surface area contributed by atoms with Crippen molar-refractivity contribution in [3.05, 3.63) is 65.5 Å². The topological polar surface area (TPSA) is 12.1 Å². The molecule has 1 aliphatic heterocycles. The van der Waals surface area contributed by atoms with E-state index in [0.29, 0.717) is 5.56 Å². The van der Waals surface area contributed by atoms with Crippen molar-refractivity contribution in [2.75, 3.05) is 11.9 Å². The van der Waals surface area contributed by atoms with Crippen molar-refractivity contribution in [3.63, 3.8) is 0 Å². The van der Waals surface area contributed by atoms with Gasteiger partial charge in [-0.3, -0.25) is 4.48 Å². The third-order valence-corrected chi connectivity index (χ3v) is 5.10. The predicted molar refractivity (Wildman–Crippen MR) is 101 cm³/mol. The molecule has 0 saturated carbocycles. The summed E-state index contributed by atoms with van der Waals surface area (Å²) in [4.78, 5) is 2.19. The van der Waals surface area contributed by atoms with E-state index in [1.165, 1.54) is 11.1 Å². The van der Waals surface area contributed by atoms with Crippen molar-refractivity contribution in [2.24, 2.45) is 7.05 Å². The molecule has 0 bridgehead atoms. The van der Waals surface area contributed by atoms with Gasteiger partial charge in [0, 0.05) is 15.3 Å². The van der Waals surface area contributed by atoms with Crippen LogP contribution in [0.2, 0.25) is 0 Å². The molecule has 1 aliphatic rings. The maximum absolute atomic E-state index is 8.06. The number of benzene rings is 2. The van der Waals surface area contributed by atoms with E-state index in [9.17, 15) is 0 Å². The Morgan fingerprint density at radius 2 is 1.71 bits per heavy atom. The highest BCUT2D eigenvalue weighted by molar-refractivity contribution is 6.70. The van der Waals surface area contributed by atoms with Crippen LogP contribution in [0.15, 0.2) is 48.8 Å². The molecule has 2 aromatic carbocycles. The van der Waals surface area contributed by atoms with Gasteiger partial charge in [0.25, 0.3) is 5.82 Å². The lowest BCUT2D eigenvalue weighted by Crippen LogP contribution is -2.70. The summed E-state index contributed by atoms with van der Waals surface area (Å²) < 4.78 is 28.5. The molecule has 0 saturated heterocycles. The third kappa shape index (κ3) is 1.95. The lowest BCUT2D eigenvalue weighted by Gasteiger charge is -2.32. The first-order valence-corrected chi connectivity index (χ1v) is 8.21. The number of aromatic nitrogens is 2. The van der Waals surface area contributed by atoms with Gasteiger partial charge in [0.15, 0.2) is 0 Å². The van der Waals surface area contributed by atoms with Gasteiger partial charge in [-0.15, -0.1) is 0 Å². The van der Waals surface area contributed by atoms with Gasteiger partial charge < -0.3 is 4.81 Å². The minimum absolute atomic E-state index is 0.216. The number of hydrogen-bond donors (Lipinski definition) is 0. The van der Waals surface area contributed by atoms with E-state index in [-0.39, 0.29) is 6.98 Å². The number of fused-ring (bicyclic) bond motifs is 3. The largest absolute Gasteiger partial charge is 0.537 e. The Balaban J connectivity index is 2.05. The van der Waals surface area contributed by atoms with Gasteiger partial charge in [-0.25, -0.2) is 4.57 Å². The molecule has 0 fully saturated rings. The highest BCUT2D eigenvalue weighted by atomic mass is 15.2. The van der Waals surface area contributed by atoms with E-state index in [0.717, 1.165) is 22.5 Å². The van der Waals surface area contributed by atoms with Crippen LogP contribution in [0.5, 0.6) is 0 Å². The van der Waals surface area contributed by atoms with Crippen molar-refractivity contribution in [1.82, 2.24) is 4.57 Å². The van der Waals surface area contributed by atoms with Crippen LogP contribution in [0.25, 0.3) is 11.4 Å². The lowest BCUT2D eigenvalue weighted by atomic mass is 9.60. The molecule has 0 spiro atoms. The van der Waals surface area contributed by atoms with Crippen molar-refractivity contribution in [2.45, 2.75) is 20.7 Å². The number of hydrogen-bond acceptors (Lipinski definition) is 1. The quantitative estimate of drug-likeness (QED) is 0.628. The minimum atomic E-state index is -2.16. The van der Waals surface area contributed by atoms with Crippen LogP contribution >= 0.6 is 0 Å². The fourth-order valence-corrected chi connectivity index (χ4v) is 3.91. The second-order valence-electron chi connectivity index (χ2n) is 6.63. The smallest absolute Gasteiger partial charge is 0.372 e. The first-order valence-electron chi connectivity index (χ1n) is 9.71. The average molecular weight is 319 g/mol. The third-order valence-electron chi connectivity index (χ3n) is 5.10. The van der Waals surface area contributed by atoms with E-state index in [4.69, 9.17) is 4.11 Å². The highest BCUT2D eigenvalue weighted by Gasteiger charge is 2.44. The molecule has 120 valence electrons. The van der Waals surface area contributed by atoms with Gasteiger partial charge in [-0.05, 0) is 50.5 Å². The Hall–Kier alpha value is -2.49. The maximum atomic E-state index is 8.06. The zero-order valence-electron chi connectivity index (χ0n) is 17.5. The van der Waals surface area contributed by atoms with E-state index < -0.39 is 6.85 Å². The Labute approximate surface area is 148 Å². The summed E-state index contributed by atoms with van der Waals surface area (Å²) in [6, 6.07) is 11.8. The van der Waals surface area contributed by atoms with Gasteiger partial charge in [-0.1, -0.05) is 30.3 Å². The Morgan fingerprint density at radius 1 is 1.00 bits per heavy atom. The standard InChI is InChI=1S/C20H23BN3/c1-14-8-7-11-17-18(14)20-22(4)12-13-24(20)21(23(17)5)19-15(2)9-6-10-16(19)3/h6-13H,1-5H3/q+1/i2D3. The molecule has 0 amide bonds. The van der Waals surface area contributed by atoms with Gasteiger partial charge in [0.2, 0.25) is 0 Å². The molecule has 4 rings (SSSR count). The maximum Gasteiger partial charge on any atom is 0.537 e. The monoisotopic (exact) mass is 319 g/mol. The van der Waals surface area contributed by atoms with Gasteiger partial charge in [0.05, 0.1) is 12.6 Å². The molecule has 4 heteroatoms. The lowest BCUT2D eigenvalue weighted by molar-refractivity contribution is -0.523. The fraction of sp³-hybridized carbons (Fsp3) is 0.250. The molecule has 0 N–H and O–H groups in total. The molecular formula is C20H23BN3+. The summed E-state index contributed by atoms with van der Waals surface area (Å²) in [5.74, 6) is 1.09. The molecule has 3 nitrogen and oxygen atoms in total. The number of aryl methyl sites for hydroxylation is 4. The van der Waals surface area contributed by atoms with Crippen molar-refractivity contribution < 1.29 is 8.59 Å². The van der Waals surface area contributed by atoms with E-state index in [1.807, 2.05) is 45.5 Å². The van der Waals surface area contributed by atoms with Crippen LogP contribution in [0.4, 0.5) is 5.69 Å². The number of anilines is 1. The van der Waals surface area contributed by atoms with Gasteiger partial charge in [0.1, 0.15) is 12.4 Å². The molecule has 3 aromatic rings. The minimum Gasteiger partial charge on any atom is -0.372 e. The molecular weight excluding hydrogens is 293 g/mol. The molecule has 1 aromatic heterocycles. The molecule has 24 heavy (non-hydrogen) atoms. The Morgan fingerprint density at radius 3 is 2.50 bits per heavy atom. The summed E-state index contributed by atoms with van der Waals surface area (Å²) in [7, 11) is 4.08. The highest BCUT2D eigenvalue weighted by Crippen LogP contribution is 2.34. The van der Waals surface area contributed by atoms with E-state index >= 15 is 0 Å². The second kappa shape index (κ2) is 5.27. The van der Waals surface area contributed by atoms with Crippen LogP contribution in [0.3, 0.4) is 0 Å². The van der Waals surface area contributed by atoms with Crippen LogP contribution in [-0.2, 0) is 7.05 Å². The molecule has 0 unspecified atom stereocenters. The average Bonchev–Trinajstić information content (AvgIpc) is 2.97. The van der Waals surface area contributed by atoms with Gasteiger partial charge >= 0.3 is 6.98 Å². The molecule has 0 atom stereocenters. The van der Waals surface area contributed by atoms with Crippen molar-refractivity contribution in [1.29, 1.82) is 0 Å². The van der Waals surface area contributed by atoms with Crippen LogP contribution in [0.1, 0.15) is 20.8 Å². The summed E-state index contributed by atoms with van der Waals surface area (Å²) in [6.07, 6.45) is 4.08. The summed E-state index contributed by atoms with van der Waals surface area (Å²) in [5, 5.41) is 0. The fourth-order valence-electron chi connectivity index (χ4n) is 3.91. The molecule has 0 aliphatic carbocycles. The summed E-state index contributed by atoms with van der Waals surface area (Å²) in [6.45, 7) is 1.73. The first-order chi connectivity index (χ1) is 12.7. The van der Waals surface area contributed by atoms with Gasteiger partial charge in [-0.2, -0.15) is 0 Å². The van der Waals surface area contributed by atoms with E-state index in [1.54, 1.807) is 6.07 Å². The Kier molecular flexibility index (Phi) is 2.62. The van der Waals surface area contributed by atoms with Crippen LogP contribution < -0.4 is 14.8 Å². The van der Waals surface area contributed by atoms with E-state index in [2.05, 4.69) is 39.0 Å². The summed E-state index contributed by atoms with van der Waals surface area (Å²) >= 11 is 0. The number of imidazole rings is 1. The molecule has 2 heterocycles. The molecule has 0 radical (unpaired) electrons. The predicted octanol–water partition coefficient (Wildman–Crippen LogP) is 2.60. The normalized spacial score (nSPS) is 15.4. The Bertz CT molecular complexity index is 1040. The zero-order valence-corrected chi connectivity index (χ0v) is 14.5. The number of nitrogens with zero attached hydrogens (tertiary/aromatic N) is 3. The first kappa shape index (κ1) is 12.0. The van der Waals surface area contributed by atoms with Crippen molar-refractivity contribution >= 4 is 18.1 Å². The zero-order chi connectivity index (χ0) is 19.5. The second-order valence-corrected chi connectivity index (χ2v) is 6.63. The van der Waals surface area contributed by atoms with Crippen LogP contribution in [0, 0.1) is 20.7 Å².